The highest BCUT2D eigenvalue weighted by Gasteiger charge is 2.13. The highest BCUT2D eigenvalue weighted by molar-refractivity contribution is 7.89. The van der Waals surface area contributed by atoms with Crippen LogP contribution in [-0.2, 0) is 10.0 Å². The van der Waals surface area contributed by atoms with E-state index >= 15 is 0 Å². The summed E-state index contributed by atoms with van der Waals surface area (Å²) in [5.41, 5.74) is 0. The van der Waals surface area contributed by atoms with E-state index in [0.29, 0.717) is 11.4 Å². The lowest BCUT2D eigenvalue weighted by Gasteiger charge is -2.07. The third-order valence-corrected chi connectivity index (χ3v) is 4.56. The molecule has 0 heterocycles. The van der Waals surface area contributed by atoms with Crippen LogP contribution < -0.4 is 4.72 Å². The average Bonchev–Trinajstić information content (AvgIpc) is 2.43. The molecule has 0 bridgehead atoms. The van der Waals surface area contributed by atoms with Crippen molar-refractivity contribution in [2.75, 3.05) is 6.54 Å². The lowest BCUT2D eigenvalue weighted by Crippen LogP contribution is -2.24. The van der Waals surface area contributed by atoms with Gasteiger partial charge in [-0.2, -0.15) is 0 Å². The highest BCUT2D eigenvalue weighted by atomic mass is 32.2. The molecule has 2 aromatic rings. The largest absolute Gasteiger partial charge is 0.240 e. The van der Waals surface area contributed by atoms with E-state index < -0.39 is 10.0 Å². The number of hydrogen-bond acceptors (Lipinski definition) is 2. The molecule has 1 N–H and O–H groups in total. The second-order valence-electron chi connectivity index (χ2n) is 4.61. The first-order chi connectivity index (χ1) is 9.13. The lowest BCUT2D eigenvalue weighted by molar-refractivity contribution is 0.576. The fourth-order valence-corrected chi connectivity index (χ4v) is 3.11. The van der Waals surface area contributed by atoms with E-state index in [0.717, 1.165) is 30.0 Å². The SMILES string of the molecule is CCCCCNS(=O)(=O)c1ccc2ccccc2c1. The van der Waals surface area contributed by atoms with Gasteiger partial charge in [0.15, 0.2) is 0 Å². The summed E-state index contributed by atoms with van der Waals surface area (Å²) >= 11 is 0. The Kier molecular flexibility index (Phi) is 4.56. The van der Waals surface area contributed by atoms with E-state index in [2.05, 4.69) is 11.6 Å². The predicted molar refractivity (Wildman–Crippen MR) is 78.7 cm³/mol. The third kappa shape index (κ3) is 3.55. The van der Waals surface area contributed by atoms with Crippen LogP contribution in [0.4, 0.5) is 0 Å². The molecule has 19 heavy (non-hydrogen) atoms. The number of nitrogens with one attached hydrogen (secondary N) is 1. The smallest absolute Gasteiger partial charge is 0.211 e. The first-order valence-corrected chi connectivity index (χ1v) is 8.10. The molecule has 0 aliphatic carbocycles. The Bertz CT molecular complexity index is 650. The normalized spacial score (nSPS) is 11.8. The van der Waals surface area contributed by atoms with Gasteiger partial charge in [-0.05, 0) is 29.3 Å². The van der Waals surface area contributed by atoms with Crippen LogP contribution in [-0.4, -0.2) is 15.0 Å². The van der Waals surface area contributed by atoms with Gasteiger partial charge >= 0.3 is 0 Å². The van der Waals surface area contributed by atoms with Crippen LogP contribution in [0, 0.1) is 0 Å². The van der Waals surface area contributed by atoms with Gasteiger partial charge in [0.2, 0.25) is 10.0 Å². The van der Waals surface area contributed by atoms with Crippen LogP contribution in [0.25, 0.3) is 10.8 Å². The zero-order valence-corrected chi connectivity index (χ0v) is 11.9. The molecule has 0 saturated heterocycles. The van der Waals surface area contributed by atoms with E-state index in [1.165, 1.54) is 0 Å². The van der Waals surface area contributed by atoms with Gasteiger partial charge in [-0.15, -0.1) is 0 Å². The van der Waals surface area contributed by atoms with Crippen molar-refractivity contribution in [3.8, 4) is 0 Å². The van der Waals surface area contributed by atoms with E-state index in [9.17, 15) is 8.42 Å². The Morgan fingerprint density at radius 1 is 1.00 bits per heavy atom. The Labute approximate surface area is 114 Å². The Morgan fingerprint density at radius 2 is 1.74 bits per heavy atom. The molecule has 0 fully saturated rings. The number of fused-ring (bicyclic) bond motifs is 1. The summed E-state index contributed by atoms with van der Waals surface area (Å²) in [7, 11) is -3.38. The van der Waals surface area contributed by atoms with Crippen LogP contribution >= 0.6 is 0 Å². The minimum atomic E-state index is -3.38. The maximum absolute atomic E-state index is 12.1. The number of hydrogen-bond donors (Lipinski definition) is 1. The molecule has 0 aromatic heterocycles. The molecule has 2 aromatic carbocycles. The van der Waals surface area contributed by atoms with Crippen LogP contribution in [0.15, 0.2) is 47.4 Å². The van der Waals surface area contributed by atoms with Crippen molar-refractivity contribution in [2.45, 2.75) is 31.1 Å². The van der Waals surface area contributed by atoms with Gasteiger partial charge < -0.3 is 0 Å². The molecule has 4 heteroatoms. The van der Waals surface area contributed by atoms with E-state index in [1.807, 2.05) is 30.3 Å². The zero-order valence-electron chi connectivity index (χ0n) is 11.1. The second-order valence-corrected chi connectivity index (χ2v) is 6.38. The number of benzene rings is 2. The van der Waals surface area contributed by atoms with Gasteiger partial charge in [0.1, 0.15) is 0 Å². The van der Waals surface area contributed by atoms with Crippen LogP contribution in [0.2, 0.25) is 0 Å². The van der Waals surface area contributed by atoms with Crippen molar-refractivity contribution in [3.63, 3.8) is 0 Å². The van der Waals surface area contributed by atoms with Crippen molar-refractivity contribution in [3.05, 3.63) is 42.5 Å². The molecular formula is C15H19NO2S. The Hall–Kier alpha value is -1.39. The van der Waals surface area contributed by atoms with Crippen molar-refractivity contribution in [2.24, 2.45) is 0 Å². The van der Waals surface area contributed by atoms with Gasteiger partial charge in [-0.25, -0.2) is 13.1 Å². The molecular weight excluding hydrogens is 258 g/mol. The number of unbranched alkanes of at least 4 members (excludes halogenated alkanes) is 2. The quantitative estimate of drug-likeness (QED) is 0.823. The van der Waals surface area contributed by atoms with Crippen molar-refractivity contribution >= 4 is 20.8 Å². The predicted octanol–water partition coefficient (Wildman–Crippen LogP) is 3.31. The van der Waals surface area contributed by atoms with E-state index in [-0.39, 0.29) is 0 Å². The summed E-state index contributed by atoms with van der Waals surface area (Å²) in [6, 6.07) is 13.0. The fourth-order valence-electron chi connectivity index (χ4n) is 2.00. The van der Waals surface area contributed by atoms with E-state index in [4.69, 9.17) is 0 Å². The molecule has 2 rings (SSSR count). The molecule has 0 atom stereocenters. The maximum atomic E-state index is 12.1. The van der Waals surface area contributed by atoms with Gasteiger partial charge in [-0.1, -0.05) is 50.1 Å². The molecule has 0 spiro atoms. The summed E-state index contributed by atoms with van der Waals surface area (Å²) in [6.45, 7) is 2.60. The molecule has 0 radical (unpaired) electrons. The molecule has 102 valence electrons. The van der Waals surface area contributed by atoms with Gasteiger partial charge in [0, 0.05) is 6.54 Å². The molecule has 0 unspecified atom stereocenters. The molecule has 0 aliphatic heterocycles. The minimum absolute atomic E-state index is 0.336. The summed E-state index contributed by atoms with van der Waals surface area (Å²) in [5.74, 6) is 0. The third-order valence-electron chi connectivity index (χ3n) is 3.10. The molecule has 0 amide bonds. The zero-order chi connectivity index (χ0) is 13.7. The monoisotopic (exact) mass is 277 g/mol. The maximum Gasteiger partial charge on any atom is 0.240 e. The van der Waals surface area contributed by atoms with Gasteiger partial charge in [0.05, 0.1) is 4.90 Å². The standard InChI is InChI=1S/C15H19NO2S/c1-2-3-6-11-16-19(17,18)15-10-9-13-7-4-5-8-14(13)12-15/h4-5,7-10,12,16H,2-3,6,11H2,1H3. The van der Waals surface area contributed by atoms with Crippen LogP contribution in [0.3, 0.4) is 0 Å². The van der Waals surface area contributed by atoms with Crippen molar-refractivity contribution < 1.29 is 8.42 Å². The van der Waals surface area contributed by atoms with Gasteiger partial charge in [0.25, 0.3) is 0 Å². The first kappa shape index (κ1) is 14.0. The van der Waals surface area contributed by atoms with Crippen LogP contribution in [0.5, 0.6) is 0 Å². The number of rotatable bonds is 6. The van der Waals surface area contributed by atoms with E-state index in [1.54, 1.807) is 12.1 Å². The Morgan fingerprint density at radius 3 is 2.47 bits per heavy atom. The topological polar surface area (TPSA) is 46.2 Å². The average molecular weight is 277 g/mol. The van der Waals surface area contributed by atoms with Crippen LogP contribution in [0.1, 0.15) is 26.2 Å². The summed E-state index contributed by atoms with van der Waals surface area (Å²) in [6.07, 6.45) is 3.00. The van der Waals surface area contributed by atoms with Crippen molar-refractivity contribution in [1.29, 1.82) is 0 Å². The first-order valence-electron chi connectivity index (χ1n) is 6.62. The molecule has 0 saturated carbocycles. The summed E-state index contributed by atoms with van der Waals surface area (Å²) in [4.78, 5) is 0.336. The number of sulfonamides is 1. The fraction of sp³-hybridized carbons (Fsp3) is 0.333. The summed E-state index contributed by atoms with van der Waals surface area (Å²) < 4.78 is 26.9. The van der Waals surface area contributed by atoms with Gasteiger partial charge in [-0.3, -0.25) is 0 Å². The second kappa shape index (κ2) is 6.17. The highest BCUT2D eigenvalue weighted by Crippen LogP contribution is 2.18. The lowest BCUT2D eigenvalue weighted by atomic mass is 10.1. The minimum Gasteiger partial charge on any atom is -0.211 e. The molecule has 0 aliphatic rings. The summed E-state index contributed by atoms with van der Waals surface area (Å²) in [5, 5.41) is 1.99. The Balaban J connectivity index is 2.18. The molecule has 3 nitrogen and oxygen atoms in total. The van der Waals surface area contributed by atoms with Crippen molar-refractivity contribution in [1.82, 2.24) is 4.72 Å².